The summed E-state index contributed by atoms with van der Waals surface area (Å²) in [6.07, 6.45) is 6.54. The number of rotatable bonds is 5. The third kappa shape index (κ3) is 2.89. The third-order valence-electron chi connectivity index (χ3n) is 7.42. The quantitative estimate of drug-likeness (QED) is 0.586. The van der Waals surface area contributed by atoms with Gasteiger partial charge in [-0.2, -0.15) is 0 Å². The van der Waals surface area contributed by atoms with Crippen LogP contribution in [-0.2, 0) is 24.0 Å². The number of aliphatic carboxylic acids is 1. The van der Waals surface area contributed by atoms with Gasteiger partial charge in [-0.3, -0.25) is 4.79 Å². The first-order chi connectivity index (χ1) is 12.4. The highest BCUT2D eigenvalue weighted by molar-refractivity contribution is 5.66. The number of ether oxygens (including phenoxy) is 2. The maximum Gasteiger partial charge on any atom is 0.303 e. The number of carbonyl (C=O) groups is 1. The first kappa shape index (κ1) is 18.7. The Morgan fingerprint density at radius 1 is 1.12 bits per heavy atom. The zero-order valence-corrected chi connectivity index (χ0v) is 16.1. The van der Waals surface area contributed by atoms with E-state index in [1.54, 1.807) is 0 Å². The molecule has 1 saturated carbocycles. The van der Waals surface area contributed by atoms with E-state index in [1.807, 2.05) is 6.92 Å². The number of hydrogen-bond donors (Lipinski definition) is 1. The van der Waals surface area contributed by atoms with E-state index in [1.165, 1.54) is 6.42 Å². The van der Waals surface area contributed by atoms with Crippen molar-refractivity contribution in [3.8, 4) is 0 Å². The second-order valence-corrected chi connectivity index (χ2v) is 9.08. The predicted octanol–water partition coefficient (Wildman–Crippen LogP) is 3.88. The molecule has 4 saturated heterocycles. The van der Waals surface area contributed by atoms with Crippen LogP contribution in [0.25, 0.3) is 0 Å². The first-order valence-corrected chi connectivity index (χ1v) is 10.3. The fourth-order valence-corrected chi connectivity index (χ4v) is 5.93. The molecular formula is C20H32O6. The Balaban J connectivity index is 1.55. The van der Waals surface area contributed by atoms with Crippen molar-refractivity contribution in [2.45, 2.75) is 95.9 Å². The monoisotopic (exact) mass is 368 g/mol. The molecule has 2 bridgehead atoms. The Morgan fingerprint density at radius 2 is 1.92 bits per heavy atom. The normalized spacial score (nSPS) is 50.1. The maximum atomic E-state index is 10.8. The van der Waals surface area contributed by atoms with E-state index < -0.39 is 17.4 Å². The minimum Gasteiger partial charge on any atom is -0.481 e. The van der Waals surface area contributed by atoms with E-state index in [0.29, 0.717) is 30.1 Å². The summed E-state index contributed by atoms with van der Waals surface area (Å²) in [6, 6.07) is 0. The van der Waals surface area contributed by atoms with Crippen molar-refractivity contribution in [3.63, 3.8) is 0 Å². The Hall–Kier alpha value is -0.690. The van der Waals surface area contributed by atoms with Crippen LogP contribution in [-0.4, -0.2) is 34.9 Å². The summed E-state index contributed by atoms with van der Waals surface area (Å²) < 4.78 is 12.8. The SMILES string of the molecule is C[C@H]1[C@@H](CCCCC(=O)O)O[C@@H]2O[C@]3(C)CCC4[C@H](C)CC[C@@H]1[C@]42OO3. The van der Waals surface area contributed by atoms with Crippen LogP contribution in [0.3, 0.4) is 0 Å². The Labute approximate surface area is 155 Å². The molecule has 5 aliphatic rings. The molecule has 1 N–H and O–H groups in total. The molecule has 1 aliphatic carbocycles. The highest BCUT2D eigenvalue weighted by Crippen LogP contribution is 2.60. The number of carboxylic acids is 1. The van der Waals surface area contributed by atoms with Gasteiger partial charge in [-0.05, 0) is 56.8 Å². The van der Waals surface area contributed by atoms with Crippen molar-refractivity contribution in [1.82, 2.24) is 0 Å². The highest BCUT2D eigenvalue weighted by Gasteiger charge is 2.69. The molecule has 5 fully saturated rings. The van der Waals surface area contributed by atoms with E-state index in [0.717, 1.165) is 32.1 Å². The zero-order valence-electron chi connectivity index (χ0n) is 16.1. The van der Waals surface area contributed by atoms with Gasteiger partial charge in [-0.1, -0.05) is 20.3 Å². The summed E-state index contributed by atoms with van der Waals surface area (Å²) in [6.45, 7) is 6.52. The molecule has 0 aromatic rings. The molecule has 0 amide bonds. The predicted molar refractivity (Wildman–Crippen MR) is 92.9 cm³/mol. The van der Waals surface area contributed by atoms with E-state index in [9.17, 15) is 4.79 Å². The molecule has 4 aliphatic heterocycles. The molecule has 0 aromatic carbocycles. The molecule has 4 heterocycles. The van der Waals surface area contributed by atoms with E-state index in [2.05, 4.69) is 13.8 Å². The Bertz CT molecular complexity index is 552. The molecular weight excluding hydrogens is 336 g/mol. The van der Waals surface area contributed by atoms with Gasteiger partial charge in [-0.25, -0.2) is 9.78 Å². The van der Waals surface area contributed by atoms with Crippen molar-refractivity contribution in [3.05, 3.63) is 0 Å². The number of fused-ring (bicyclic) bond motifs is 2. The average Bonchev–Trinajstić information content (AvgIpc) is 2.82. The van der Waals surface area contributed by atoms with Crippen LogP contribution >= 0.6 is 0 Å². The molecule has 1 unspecified atom stereocenters. The molecule has 8 atom stereocenters. The number of hydrogen-bond acceptors (Lipinski definition) is 5. The molecule has 26 heavy (non-hydrogen) atoms. The number of unbranched alkanes of at least 4 members (excludes halogenated alkanes) is 1. The van der Waals surface area contributed by atoms with Gasteiger partial charge in [0.2, 0.25) is 5.79 Å². The van der Waals surface area contributed by atoms with Crippen molar-refractivity contribution in [2.24, 2.45) is 23.7 Å². The Morgan fingerprint density at radius 3 is 2.69 bits per heavy atom. The van der Waals surface area contributed by atoms with Crippen LogP contribution in [0.5, 0.6) is 0 Å². The topological polar surface area (TPSA) is 74.2 Å². The average molecular weight is 368 g/mol. The molecule has 6 heteroatoms. The number of carboxylic acid groups (broad SMARTS) is 1. The van der Waals surface area contributed by atoms with Crippen LogP contribution in [0.15, 0.2) is 0 Å². The van der Waals surface area contributed by atoms with Crippen LogP contribution in [0, 0.1) is 23.7 Å². The highest BCUT2D eigenvalue weighted by atomic mass is 17.3. The van der Waals surface area contributed by atoms with Crippen LogP contribution in [0.4, 0.5) is 0 Å². The van der Waals surface area contributed by atoms with Gasteiger partial charge in [0, 0.05) is 18.8 Å². The summed E-state index contributed by atoms with van der Waals surface area (Å²) in [7, 11) is 0. The van der Waals surface area contributed by atoms with Crippen molar-refractivity contribution in [2.75, 3.05) is 0 Å². The minimum atomic E-state index is -0.730. The molecule has 6 nitrogen and oxygen atoms in total. The molecule has 5 rings (SSSR count). The molecule has 1 spiro atoms. The molecule has 0 radical (unpaired) electrons. The van der Waals surface area contributed by atoms with Crippen LogP contribution in [0.1, 0.15) is 72.1 Å². The second-order valence-electron chi connectivity index (χ2n) is 9.08. The minimum absolute atomic E-state index is 0.0880. The van der Waals surface area contributed by atoms with Crippen molar-refractivity contribution >= 4 is 5.97 Å². The van der Waals surface area contributed by atoms with Gasteiger partial charge in [0.15, 0.2) is 11.9 Å². The van der Waals surface area contributed by atoms with Gasteiger partial charge in [0.05, 0.1) is 6.10 Å². The van der Waals surface area contributed by atoms with E-state index in [-0.39, 0.29) is 18.8 Å². The summed E-state index contributed by atoms with van der Waals surface area (Å²) >= 11 is 0. The van der Waals surface area contributed by atoms with Gasteiger partial charge in [-0.15, -0.1) is 0 Å². The smallest absolute Gasteiger partial charge is 0.303 e. The Kier molecular flexibility index (Phi) is 4.83. The second kappa shape index (κ2) is 6.73. The third-order valence-corrected chi connectivity index (χ3v) is 7.42. The van der Waals surface area contributed by atoms with Crippen molar-refractivity contribution in [1.29, 1.82) is 0 Å². The van der Waals surface area contributed by atoms with Gasteiger partial charge >= 0.3 is 5.97 Å². The summed E-state index contributed by atoms with van der Waals surface area (Å²) in [5.74, 6) is 0.213. The fourth-order valence-electron chi connectivity index (χ4n) is 5.93. The fraction of sp³-hybridized carbons (Fsp3) is 0.950. The lowest BCUT2D eigenvalue weighted by molar-refractivity contribution is -0.571. The van der Waals surface area contributed by atoms with E-state index in [4.69, 9.17) is 24.4 Å². The van der Waals surface area contributed by atoms with Gasteiger partial charge < -0.3 is 14.6 Å². The van der Waals surface area contributed by atoms with Gasteiger partial charge in [0.1, 0.15) is 0 Å². The zero-order chi connectivity index (χ0) is 18.5. The van der Waals surface area contributed by atoms with E-state index >= 15 is 0 Å². The van der Waals surface area contributed by atoms with Crippen LogP contribution < -0.4 is 0 Å². The standard InChI is InChI=1S/C20H32O6/c1-12-8-9-15-13(2)16(6-4-5-7-17(21)22)23-18-20(15)14(12)10-11-19(3,24-18)25-26-20/h12-16,18H,4-11H2,1-3H3,(H,21,22)/t12-,13-,14?,15+,16-,18-,19+,20-/m1/s1. The maximum absolute atomic E-state index is 10.8. The lowest BCUT2D eigenvalue weighted by Crippen LogP contribution is -2.70. The lowest BCUT2D eigenvalue weighted by atomic mass is 9.57. The lowest BCUT2D eigenvalue weighted by Gasteiger charge is -2.60. The summed E-state index contributed by atoms with van der Waals surface area (Å²) in [4.78, 5) is 22.7. The summed E-state index contributed by atoms with van der Waals surface area (Å²) in [5.41, 5.74) is -0.495. The van der Waals surface area contributed by atoms with Crippen LogP contribution in [0.2, 0.25) is 0 Å². The summed E-state index contributed by atoms with van der Waals surface area (Å²) in [5, 5.41) is 8.85. The first-order valence-electron chi connectivity index (χ1n) is 10.3. The van der Waals surface area contributed by atoms with Gasteiger partial charge in [0.25, 0.3) is 0 Å². The molecule has 0 aromatic heterocycles. The molecule has 148 valence electrons. The van der Waals surface area contributed by atoms with Crippen molar-refractivity contribution < 1.29 is 29.1 Å². The largest absolute Gasteiger partial charge is 0.481 e.